The average molecular weight is 530 g/mol. The molecule has 2 saturated carbocycles. The number of nitrogens with two attached hydrogens (primary N) is 1. The summed E-state index contributed by atoms with van der Waals surface area (Å²) < 4.78 is 18.5. The lowest BCUT2D eigenvalue weighted by Crippen LogP contribution is -2.50. The molecule has 4 N–H and O–H groups in total. The summed E-state index contributed by atoms with van der Waals surface area (Å²) >= 11 is 0. The lowest BCUT2D eigenvalue weighted by molar-refractivity contribution is -0.144. The van der Waals surface area contributed by atoms with Gasteiger partial charge in [-0.3, -0.25) is 9.59 Å². The minimum absolute atomic E-state index is 0.0439. The van der Waals surface area contributed by atoms with E-state index in [4.69, 9.17) is 10.5 Å². The number of carboxylic acids is 1. The number of rotatable bonds is 7. The van der Waals surface area contributed by atoms with Crippen molar-refractivity contribution >= 4 is 23.5 Å². The van der Waals surface area contributed by atoms with Gasteiger partial charge >= 0.3 is 5.97 Å². The first kappa shape index (κ1) is 26.9. The van der Waals surface area contributed by atoms with Crippen molar-refractivity contribution in [3.63, 3.8) is 0 Å². The van der Waals surface area contributed by atoms with E-state index in [1.807, 2.05) is 4.90 Å². The van der Waals surface area contributed by atoms with Crippen molar-refractivity contribution in [1.82, 2.24) is 4.90 Å². The molecule has 4 aliphatic rings. The lowest BCUT2D eigenvalue weighted by Gasteiger charge is -2.36. The van der Waals surface area contributed by atoms with Gasteiger partial charge in [0.25, 0.3) is 0 Å². The van der Waals surface area contributed by atoms with E-state index < -0.39 is 30.8 Å². The smallest absolute Gasteiger partial charge is 0.345 e. The van der Waals surface area contributed by atoms with E-state index in [2.05, 4.69) is 5.32 Å². The molecule has 1 aromatic carbocycles. The number of halogens is 1. The van der Waals surface area contributed by atoms with Gasteiger partial charge in [0.1, 0.15) is 18.5 Å². The van der Waals surface area contributed by atoms with Crippen LogP contribution in [0.25, 0.3) is 0 Å². The molecular weight excluding hydrogens is 489 g/mol. The third-order valence-electron chi connectivity index (χ3n) is 9.43. The Labute approximate surface area is 223 Å². The van der Waals surface area contributed by atoms with Gasteiger partial charge in [0.05, 0.1) is 0 Å². The molecule has 2 heterocycles. The predicted octanol–water partition coefficient (Wildman–Crippen LogP) is 3.91. The van der Waals surface area contributed by atoms with Crippen molar-refractivity contribution < 1.29 is 28.6 Å². The molecule has 0 aromatic heterocycles. The van der Waals surface area contributed by atoms with Crippen molar-refractivity contribution in [2.24, 2.45) is 29.4 Å². The predicted molar refractivity (Wildman–Crippen MR) is 140 cm³/mol. The largest absolute Gasteiger partial charge is 0.478 e. The summed E-state index contributed by atoms with van der Waals surface area (Å²) in [6, 6.07) is 4.23. The molecule has 3 fully saturated rings. The highest BCUT2D eigenvalue weighted by atomic mass is 19.1. The van der Waals surface area contributed by atoms with Crippen LogP contribution in [0, 0.1) is 23.7 Å². The number of alkyl halides is 1. The summed E-state index contributed by atoms with van der Waals surface area (Å²) in [4.78, 5) is 40.8. The van der Waals surface area contributed by atoms with E-state index in [1.54, 1.807) is 18.2 Å². The zero-order valence-electron chi connectivity index (χ0n) is 21.9. The molecule has 2 amide bonds. The summed E-state index contributed by atoms with van der Waals surface area (Å²) in [5, 5.41) is 12.3. The van der Waals surface area contributed by atoms with Gasteiger partial charge in [0, 0.05) is 36.2 Å². The van der Waals surface area contributed by atoms with Gasteiger partial charge < -0.3 is 25.8 Å². The second kappa shape index (κ2) is 11.6. The van der Waals surface area contributed by atoms with Crippen LogP contribution >= 0.6 is 0 Å². The fourth-order valence-electron chi connectivity index (χ4n) is 7.29. The van der Waals surface area contributed by atoms with Gasteiger partial charge in [-0.1, -0.05) is 32.1 Å². The van der Waals surface area contributed by atoms with Crippen LogP contribution in [0.15, 0.2) is 18.2 Å². The molecule has 5 rings (SSSR count). The number of carbonyl (C=O) groups excluding carboxylic acids is 2. The van der Waals surface area contributed by atoms with Crippen LogP contribution in [0.3, 0.4) is 0 Å². The fraction of sp³-hybridized carbons (Fsp3) is 0.690. The first-order chi connectivity index (χ1) is 18.4. The Kier molecular flexibility index (Phi) is 8.21. The third-order valence-corrected chi connectivity index (χ3v) is 9.43. The number of likely N-dealkylation sites (tertiary alicyclic amines) is 1. The Morgan fingerprint density at radius 1 is 1.08 bits per heavy atom. The van der Waals surface area contributed by atoms with E-state index >= 15 is 0 Å². The van der Waals surface area contributed by atoms with Crippen molar-refractivity contribution in [2.75, 3.05) is 18.5 Å². The monoisotopic (exact) mass is 529 g/mol. The minimum Gasteiger partial charge on any atom is -0.478 e. The summed E-state index contributed by atoms with van der Waals surface area (Å²) in [5.41, 5.74) is 7.26. The average Bonchev–Trinajstić information content (AvgIpc) is 3.58. The molecule has 8 nitrogen and oxygen atoms in total. The van der Waals surface area contributed by atoms with Crippen LogP contribution in [-0.4, -0.2) is 59.2 Å². The number of amides is 2. The normalized spacial score (nSPS) is 30.4. The second-order valence-corrected chi connectivity index (χ2v) is 11.7. The minimum atomic E-state index is -1.01. The van der Waals surface area contributed by atoms with Gasteiger partial charge in [-0.2, -0.15) is 0 Å². The third kappa shape index (κ3) is 5.53. The Bertz CT molecular complexity index is 1040. The Balaban J connectivity index is 1.31. The number of benzene rings is 1. The first-order valence-corrected chi connectivity index (χ1v) is 14.3. The van der Waals surface area contributed by atoms with Crippen LogP contribution in [0.5, 0.6) is 5.75 Å². The molecule has 1 saturated heterocycles. The van der Waals surface area contributed by atoms with Gasteiger partial charge in [-0.15, -0.1) is 0 Å². The molecule has 208 valence electrons. The molecule has 38 heavy (non-hydrogen) atoms. The highest BCUT2D eigenvalue weighted by molar-refractivity contribution is 5.98. The number of anilines is 1. The van der Waals surface area contributed by atoms with E-state index in [9.17, 15) is 23.9 Å². The SMILES string of the molecule is N[C@H](CF)C1CCC(C(=O)N2CC[C@@H](C3CCCCC3)[C@H]2C(=O)Nc2ccc3c(c2)CC(C(=O)O)O3)CC1. The number of nitrogens with one attached hydrogen (secondary N) is 1. The van der Waals surface area contributed by atoms with Gasteiger partial charge in [0.2, 0.25) is 11.8 Å². The number of nitrogens with zero attached hydrogens (tertiary/aromatic N) is 1. The summed E-state index contributed by atoms with van der Waals surface area (Å²) in [7, 11) is 0. The molecule has 1 unspecified atom stereocenters. The standard InChI is InChI=1S/C29H40FN3O5/c30-16-23(31)18-6-8-19(9-7-18)28(35)33-13-12-22(17-4-2-1-3-5-17)26(33)27(34)32-21-10-11-24-20(14-21)15-25(38-24)29(36)37/h10-11,14,17-19,22-23,25-26H,1-9,12-13,15-16,31H2,(H,32,34)(H,36,37)/t18?,19?,22-,23+,25?,26-/m0/s1. The van der Waals surface area contributed by atoms with Gasteiger partial charge in [-0.25, -0.2) is 9.18 Å². The van der Waals surface area contributed by atoms with E-state index in [1.165, 1.54) is 6.42 Å². The van der Waals surface area contributed by atoms with E-state index in [-0.39, 0.29) is 36.0 Å². The van der Waals surface area contributed by atoms with Crippen LogP contribution in [0.4, 0.5) is 10.1 Å². The van der Waals surface area contributed by atoms with E-state index in [0.717, 1.165) is 50.5 Å². The van der Waals surface area contributed by atoms with Crippen LogP contribution in [0.1, 0.15) is 69.8 Å². The molecule has 2 aliphatic heterocycles. The molecule has 0 spiro atoms. The summed E-state index contributed by atoms with van der Waals surface area (Å²) in [6.07, 6.45) is 8.76. The number of ether oxygens (including phenoxy) is 1. The number of hydrogen-bond acceptors (Lipinski definition) is 5. The van der Waals surface area contributed by atoms with Gasteiger partial charge in [-0.05, 0) is 68.1 Å². The van der Waals surface area contributed by atoms with Crippen molar-refractivity contribution in [3.05, 3.63) is 23.8 Å². The Morgan fingerprint density at radius 3 is 2.50 bits per heavy atom. The van der Waals surface area contributed by atoms with Crippen molar-refractivity contribution in [1.29, 1.82) is 0 Å². The second-order valence-electron chi connectivity index (χ2n) is 11.7. The number of aliphatic carboxylic acids is 1. The maximum Gasteiger partial charge on any atom is 0.345 e. The molecule has 2 aliphatic carbocycles. The highest BCUT2D eigenvalue weighted by Crippen LogP contribution is 2.41. The maximum atomic E-state index is 13.8. The van der Waals surface area contributed by atoms with Crippen molar-refractivity contribution in [3.8, 4) is 5.75 Å². The van der Waals surface area contributed by atoms with Crippen LogP contribution in [-0.2, 0) is 20.8 Å². The Hall–Kier alpha value is -2.68. The molecule has 9 heteroatoms. The number of fused-ring (bicyclic) bond motifs is 1. The first-order valence-electron chi connectivity index (χ1n) is 14.3. The molecule has 0 radical (unpaired) electrons. The Morgan fingerprint density at radius 2 is 1.82 bits per heavy atom. The highest BCUT2D eigenvalue weighted by Gasteiger charge is 2.47. The quantitative estimate of drug-likeness (QED) is 0.492. The molecule has 0 bridgehead atoms. The number of carboxylic acid groups (broad SMARTS) is 1. The number of hydrogen-bond donors (Lipinski definition) is 3. The van der Waals surface area contributed by atoms with Crippen LogP contribution in [0.2, 0.25) is 0 Å². The summed E-state index contributed by atoms with van der Waals surface area (Å²) in [6.45, 7) is 0.0484. The zero-order valence-corrected chi connectivity index (χ0v) is 21.9. The van der Waals surface area contributed by atoms with Crippen molar-refractivity contribution in [2.45, 2.75) is 88.8 Å². The fourth-order valence-corrected chi connectivity index (χ4v) is 7.29. The summed E-state index contributed by atoms with van der Waals surface area (Å²) in [5.74, 6) is -0.0930. The lowest BCUT2D eigenvalue weighted by atomic mass is 9.76. The molecular formula is C29H40FN3O5. The van der Waals surface area contributed by atoms with E-state index in [0.29, 0.717) is 36.7 Å². The zero-order chi connectivity index (χ0) is 26.8. The van der Waals surface area contributed by atoms with Gasteiger partial charge in [0.15, 0.2) is 6.10 Å². The number of carbonyl (C=O) groups is 3. The molecule has 4 atom stereocenters. The topological polar surface area (TPSA) is 122 Å². The maximum absolute atomic E-state index is 13.8. The van der Waals surface area contributed by atoms with Crippen LogP contribution < -0.4 is 15.8 Å². The molecule has 1 aromatic rings.